The van der Waals surface area contributed by atoms with Gasteiger partial charge in [-0.2, -0.15) is 0 Å². The Morgan fingerprint density at radius 3 is 2.16 bits per heavy atom. The van der Waals surface area contributed by atoms with Crippen LogP contribution in [0.4, 0.5) is 0 Å². The van der Waals surface area contributed by atoms with Crippen LogP contribution in [0.2, 0.25) is 0 Å². The molecule has 0 radical (unpaired) electrons. The highest BCUT2D eigenvalue weighted by Crippen LogP contribution is 2.23. The summed E-state index contributed by atoms with van der Waals surface area (Å²) in [6.45, 7) is 11.2. The second kappa shape index (κ2) is 6.95. The van der Waals surface area contributed by atoms with E-state index in [1.165, 1.54) is 5.56 Å². The van der Waals surface area contributed by atoms with E-state index in [0.29, 0.717) is 5.92 Å². The monoisotopic (exact) mass is 264 g/mol. The Kier molecular flexibility index (Phi) is 5.86. The van der Waals surface area contributed by atoms with Gasteiger partial charge in [-0.15, -0.1) is 0 Å². The van der Waals surface area contributed by atoms with Gasteiger partial charge in [0.05, 0.1) is 12.7 Å². The smallest absolute Gasteiger partial charge is 0.119 e. The number of aliphatic hydroxyl groups excluding tert-OH is 1. The van der Waals surface area contributed by atoms with E-state index in [-0.39, 0.29) is 11.5 Å². The molecule has 0 amide bonds. The lowest BCUT2D eigenvalue weighted by atomic mass is 9.86. The van der Waals surface area contributed by atoms with E-state index in [9.17, 15) is 5.11 Å². The molecule has 0 fully saturated rings. The molecule has 1 N–H and O–H groups in total. The number of aliphatic hydroxyl groups is 1. The summed E-state index contributed by atoms with van der Waals surface area (Å²) in [5.41, 5.74) is 1.21. The lowest BCUT2D eigenvalue weighted by molar-refractivity contribution is 0.0560. The SMILES string of the molecule is CC(C)COc1ccc(CCC(O)C(C)(C)C)cc1. The van der Waals surface area contributed by atoms with Crippen LogP contribution in [0.15, 0.2) is 24.3 Å². The second-order valence-electron chi connectivity index (χ2n) is 6.77. The first-order valence-electron chi connectivity index (χ1n) is 7.19. The number of hydrogen-bond donors (Lipinski definition) is 1. The molecule has 0 saturated carbocycles. The topological polar surface area (TPSA) is 29.5 Å². The molecule has 0 heterocycles. The van der Waals surface area contributed by atoms with Gasteiger partial charge in [-0.05, 0) is 41.9 Å². The minimum absolute atomic E-state index is 0.0414. The summed E-state index contributed by atoms with van der Waals surface area (Å²) >= 11 is 0. The normalized spacial score (nSPS) is 13.6. The maximum Gasteiger partial charge on any atom is 0.119 e. The predicted molar refractivity (Wildman–Crippen MR) is 80.6 cm³/mol. The van der Waals surface area contributed by atoms with Crippen LogP contribution in [0.5, 0.6) is 5.75 Å². The molecule has 0 aliphatic heterocycles. The van der Waals surface area contributed by atoms with Crippen molar-refractivity contribution in [1.82, 2.24) is 0 Å². The Morgan fingerprint density at radius 2 is 1.68 bits per heavy atom. The van der Waals surface area contributed by atoms with Crippen molar-refractivity contribution in [3.8, 4) is 5.75 Å². The van der Waals surface area contributed by atoms with Crippen LogP contribution in [0, 0.1) is 11.3 Å². The van der Waals surface area contributed by atoms with Gasteiger partial charge >= 0.3 is 0 Å². The first kappa shape index (κ1) is 16.0. The molecule has 2 nitrogen and oxygen atoms in total. The fraction of sp³-hybridized carbons (Fsp3) is 0.647. The molecule has 1 atom stereocenters. The quantitative estimate of drug-likeness (QED) is 0.839. The Hall–Kier alpha value is -1.02. The largest absolute Gasteiger partial charge is 0.493 e. The van der Waals surface area contributed by atoms with E-state index < -0.39 is 0 Å². The standard InChI is InChI=1S/C17H28O2/c1-13(2)12-19-15-9-6-14(7-10-15)8-11-16(18)17(3,4)5/h6-7,9-10,13,16,18H,8,11-12H2,1-5H3. The Morgan fingerprint density at radius 1 is 1.11 bits per heavy atom. The molecule has 1 aromatic rings. The van der Waals surface area contributed by atoms with Gasteiger partial charge in [-0.1, -0.05) is 46.8 Å². The fourth-order valence-corrected chi connectivity index (χ4v) is 1.75. The minimum Gasteiger partial charge on any atom is -0.493 e. The van der Waals surface area contributed by atoms with Gasteiger partial charge < -0.3 is 9.84 Å². The van der Waals surface area contributed by atoms with Crippen LogP contribution < -0.4 is 4.74 Å². The zero-order valence-electron chi connectivity index (χ0n) is 12.9. The maximum atomic E-state index is 10.0. The first-order chi connectivity index (χ1) is 8.79. The zero-order valence-corrected chi connectivity index (χ0v) is 12.9. The van der Waals surface area contributed by atoms with E-state index in [1.807, 2.05) is 12.1 Å². The second-order valence-corrected chi connectivity index (χ2v) is 6.77. The summed E-state index contributed by atoms with van der Waals surface area (Å²) in [5.74, 6) is 1.47. The minimum atomic E-state index is -0.260. The van der Waals surface area contributed by atoms with E-state index in [0.717, 1.165) is 25.2 Å². The van der Waals surface area contributed by atoms with Crippen molar-refractivity contribution in [3.63, 3.8) is 0 Å². The third-order valence-electron chi connectivity index (χ3n) is 3.21. The Bertz CT molecular complexity index is 360. The van der Waals surface area contributed by atoms with Crippen molar-refractivity contribution >= 4 is 0 Å². The summed E-state index contributed by atoms with van der Waals surface area (Å²) in [5, 5.41) is 10.0. The van der Waals surface area contributed by atoms with Crippen LogP contribution in [-0.4, -0.2) is 17.8 Å². The molecule has 0 aromatic heterocycles. The Labute approximate surface area is 117 Å². The van der Waals surface area contributed by atoms with Gasteiger partial charge in [0.1, 0.15) is 5.75 Å². The van der Waals surface area contributed by atoms with Crippen LogP contribution in [-0.2, 0) is 6.42 Å². The van der Waals surface area contributed by atoms with Crippen LogP contribution >= 0.6 is 0 Å². The molecular formula is C17H28O2. The van der Waals surface area contributed by atoms with E-state index in [1.54, 1.807) is 0 Å². The number of aryl methyl sites for hydroxylation is 1. The molecule has 0 aliphatic carbocycles. The lowest BCUT2D eigenvalue weighted by Gasteiger charge is -2.25. The average molecular weight is 264 g/mol. The van der Waals surface area contributed by atoms with E-state index in [2.05, 4.69) is 46.8 Å². The highest BCUT2D eigenvalue weighted by atomic mass is 16.5. The maximum absolute atomic E-state index is 10.0. The highest BCUT2D eigenvalue weighted by Gasteiger charge is 2.21. The molecular weight excluding hydrogens is 236 g/mol. The summed E-state index contributed by atoms with van der Waals surface area (Å²) in [6.07, 6.45) is 1.45. The van der Waals surface area contributed by atoms with Gasteiger partial charge in [0.25, 0.3) is 0 Å². The van der Waals surface area contributed by atoms with Crippen molar-refractivity contribution in [2.75, 3.05) is 6.61 Å². The summed E-state index contributed by atoms with van der Waals surface area (Å²) in [4.78, 5) is 0. The van der Waals surface area contributed by atoms with Crippen LogP contribution in [0.3, 0.4) is 0 Å². The van der Waals surface area contributed by atoms with Crippen molar-refractivity contribution in [2.45, 2.75) is 53.6 Å². The zero-order chi connectivity index (χ0) is 14.5. The van der Waals surface area contributed by atoms with Gasteiger partial charge in [-0.3, -0.25) is 0 Å². The number of ether oxygens (including phenoxy) is 1. The van der Waals surface area contributed by atoms with Crippen molar-refractivity contribution in [1.29, 1.82) is 0 Å². The molecule has 1 unspecified atom stereocenters. The molecule has 2 heteroatoms. The Balaban J connectivity index is 2.44. The molecule has 19 heavy (non-hydrogen) atoms. The third-order valence-corrected chi connectivity index (χ3v) is 3.21. The molecule has 1 rings (SSSR count). The number of hydrogen-bond acceptors (Lipinski definition) is 2. The number of benzene rings is 1. The third kappa shape index (κ3) is 6.11. The first-order valence-corrected chi connectivity index (χ1v) is 7.19. The van der Waals surface area contributed by atoms with Gasteiger partial charge in [0.2, 0.25) is 0 Å². The van der Waals surface area contributed by atoms with Gasteiger partial charge in [0, 0.05) is 0 Å². The summed E-state index contributed by atoms with van der Waals surface area (Å²) < 4.78 is 5.65. The molecule has 0 bridgehead atoms. The van der Waals surface area contributed by atoms with E-state index >= 15 is 0 Å². The van der Waals surface area contributed by atoms with Crippen LogP contribution in [0.25, 0.3) is 0 Å². The van der Waals surface area contributed by atoms with Crippen LogP contribution in [0.1, 0.15) is 46.6 Å². The summed E-state index contributed by atoms with van der Waals surface area (Å²) in [7, 11) is 0. The van der Waals surface area contributed by atoms with Crippen molar-refractivity contribution in [3.05, 3.63) is 29.8 Å². The average Bonchev–Trinajstić information content (AvgIpc) is 2.33. The lowest BCUT2D eigenvalue weighted by Crippen LogP contribution is -2.26. The molecule has 0 aliphatic rings. The summed E-state index contributed by atoms with van der Waals surface area (Å²) in [6, 6.07) is 8.21. The van der Waals surface area contributed by atoms with Crippen molar-refractivity contribution in [2.24, 2.45) is 11.3 Å². The van der Waals surface area contributed by atoms with Gasteiger partial charge in [0.15, 0.2) is 0 Å². The van der Waals surface area contributed by atoms with Gasteiger partial charge in [-0.25, -0.2) is 0 Å². The fourth-order valence-electron chi connectivity index (χ4n) is 1.75. The van der Waals surface area contributed by atoms with E-state index in [4.69, 9.17) is 4.74 Å². The highest BCUT2D eigenvalue weighted by molar-refractivity contribution is 5.27. The molecule has 108 valence electrons. The predicted octanol–water partition coefficient (Wildman–Crippen LogP) is 4.06. The molecule has 0 spiro atoms. The molecule has 1 aromatic carbocycles. The molecule has 0 saturated heterocycles. The number of rotatable bonds is 6. The van der Waals surface area contributed by atoms with Crippen molar-refractivity contribution < 1.29 is 9.84 Å².